The molecule has 40 heavy (non-hydrogen) atoms. The summed E-state index contributed by atoms with van der Waals surface area (Å²) in [6.45, 7) is 2.15. The fourth-order valence-corrected chi connectivity index (χ4v) is 6.07. The predicted molar refractivity (Wildman–Crippen MR) is 158 cm³/mol. The second-order valence-corrected chi connectivity index (χ2v) is 11.2. The number of anilines is 1. The van der Waals surface area contributed by atoms with E-state index in [1.54, 1.807) is 60.2 Å². The van der Waals surface area contributed by atoms with E-state index < -0.39 is 23.3 Å². The van der Waals surface area contributed by atoms with E-state index in [4.69, 9.17) is 0 Å². The number of carbonyl (C=O) groups excluding carboxylic acids is 1. The molecular weight excluding hydrogens is 523 g/mol. The number of benzene rings is 3. The van der Waals surface area contributed by atoms with Crippen LogP contribution in [0.25, 0.3) is 21.9 Å². The topological polar surface area (TPSA) is 67.2 Å². The molecular formula is C32H29FN4O2S. The molecule has 8 heteroatoms. The molecule has 1 aliphatic rings. The Morgan fingerprint density at radius 3 is 2.48 bits per heavy atom. The molecule has 1 fully saturated rings. The van der Waals surface area contributed by atoms with Gasteiger partial charge in [0.2, 0.25) is 0 Å². The molecule has 0 spiro atoms. The number of hydrogen-bond acceptors (Lipinski definition) is 5. The van der Waals surface area contributed by atoms with Crippen molar-refractivity contribution in [1.29, 1.82) is 0 Å². The maximum atomic E-state index is 16.1. The molecule has 1 N–H and O–H groups in total. The second-order valence-electron chi connectivity index (χ2n) is 10.3. The lowest BCUT2D eigenvalue weighted by Gasteiger charge is -2.29. The third-order valence-electron chi connectivity index (χ3n) is 7.75. The molecule has 3 aromatic carbocycles. The summed E-state index contributed by atoms with van der Waals surface area (Å²) in [6, 6.07) is 21.2. The first-order valence-electron chi connectivity index (χ1n) is 13.4. The SMILES string of the molecule is CN1CCC(c2ccc(-c3ccc4ccn(C(C(=O)Nc5nccs5)c5ccccc5)c(=O)c4c3F)cc2)CC1. The standard InChI is InChI=1S/C32H29FN4O2S/c1-36-17-13-22(14-18-36)21-7-9-23(10-8-21)26-12-11-24-15-19-37(31(39)27(24)28(26)33)29(25-5-3-2-4-6-25)30(38)35-32-34-16-20-40-32/h2-12,15-16,19-20,22,29H,13-14,17-18H2,1H3,(H,34,35,38). The number of nitrogens with zero attached hydrogens (tertiary/aromatic N) is 3. The van der Waals surface area contributed by atoms with E-state index in [1.807, 2.05) is 18.2 Å². The quantitative estimate of drug-likeness (QED) is 0.268. The highest BCUT2D eigenvalue weighted by Gasteiger charge is 2.26. The van der Waals surface area contributed by atoms with Gasteiger partial charge in [0.05, 0.1) is 5.39 Å². The summed E-state index contributed by atoms with van der Waals surface area (Å²) in [5, 5.41) is 5.42. The predicted octanol–water partition coefficient (Wildman–Crippen LogP) is 6.30. The van der Waals surface area contributed by atoms with Crippen LogP contribution in [0.15, 0.2) is 95.4 Å². The maximum Gasteiger partial charge on any atom is 0.262 e. The van der Waals surface area contributed by atoms with E-state index in [1.165, 1.54) is 21.5 Å². The first-order valence-corrected chi connectivity index (χ1v) is 14.2. The minimum absolute atomic E-state index is 0.0395. The number of aromatic nitrogens is 2. The van der Waals surface area contributed by atoms with Gasteiger partial charge in [0.25, 0.3) is 11.5 Å². The van der Waals surface area contributed by atoms with Gasteiger partial charge in [-0.15, -0.1) is 11.3 Å². The molecule has 202 valence electrons. The molecule has 0 bridgehead atoms. The van der Waals surface area contributed by atoms with Gasteiger partial charge in [-0.2, -0.15) is 0 Å². The zero-order chi connectivity index (χ0) is 27.6. The highest BCUT2D eigenvalue weighted by Crippen LogP contribution is 2.32. The van der Waals surface area contributed by atoms with Crippen molar-refractivity contribution in [1.82, 2.24) is 14.5 Å². The summed E-state index contributed by atoms with van der Waals surface area (Å²) in [6.07, 6.45) is 5.37. The lowest BCUT2D eigenvalue weighted by molar-refractivity contribution is -0.118. The van der Waals surface area contributed by atoms with E-state index in [0.29, 0.717) is 33.1 Å². The third-order valence-corrected chi connectivity index (χ3v) is 8.44. The van der Waals surface area contributed by atoms with Crippen LogP contribution in [0.1, 0.15) is 35.9 Å². The summed E-state index contributed by atoms with van der Waals surface area (Å²) in [7, 11) is 2.14. The molecule has 3 heterocycles. The van der Waals surface area contributed by atoms with Gasteiger partial charge in [-0.25, -0.2) is 9.37 Å². The molecule has 6 rings (SSSR count). The van der Waals surface area contributed by atoms with Gasteiger partial charge < -0.3 is 4.90 Å². The Labute approximate surface area is 235 Å². The first kappa shape index (κ1) is 26.1. The highest BCUT2D eigenvalue weighted by atomic mass is 32.1. The van der Waals surface area contributed by atoms with Crippen molar-refractivity contribution in [2.75, 3.05) is 25.5 Å². The molecule has 1 amide bonds. The van der Waals surface area contributed by atoms with Crippen molar-refractivity contribution in [3.05, 3.63) is 118 Å². The zero-order valence-electron chi connectivity index (χ0n) is 22.1. The number of amides is 1. The molecule has 1 saturated heterocycles. The van der Waals surface area contributed by atoms with Crippen molar-refractivity contribution < 1.29 is 9.18 Å². The fraction of sp³-hybridized carbons (Fsp3) is 0.219. The van der Waals surface area contributed by atoms with Gasteiger partial charge in [0.15, 0.2) is 5.13 Å². The summed E-state index contributed by atoms with van der Waals surface area (Å²) >= 11 is 1.29. The molecule has 1 atom stereocenters. The highest BCUT2D eigenvalue weighted by molar-refractivity contribution is 7.13. The van der Waals surface area contributed by atoms with Crippen molar-refractivity contribution in [3.63, 3.8) is 0 Å². The van der Waals surface area contributed by atoms with Gasteiger partial charge in [-0.3, -0.25) is 19.5 Å². The number of piperidine rings is 1. The van der Waals surface area contributed by atoms with Crippen LogP contribution in [0.4, 0.5) is 9.52 Å². The second kappa shape index (κ2) is 11.2. The minimum Gasteiger partial charge on any atom is -0.306 e. The van der Waals surface area contributed by atoms with Gasteiger partial charge in [0.1, 0.15) is 11.9 Å². The molecule has 0 saturated carbocycles. The van der Waals surface area contributed by atoms with Crippen LogP contribution in [-0.4, -0.2) is 40.5 Å². The van der Waals surface area contributed by atoms with Gasteiger partial charge in [0, 0.05) is 23.3 Å². The maximum absolute atomic E-state index is 16.1. The summed E-state index contributed by atoms with van der Waals surface area (Å²) in [5.74, 6) is -0.510. The van der Waals surface area contributed by atoms with Gasteiger partial charge in [-0.05, 0) is 67.0 Å². The minimum atomic E-state index is -1.00. The summed E-state index contributed by atoms with van der Waals surface area (Å²) in [5.41, 5.74) is 2.38. The van der Waals surface area contributed by atoms with Crippen LogP contribution in [0.2, 0.25) is 0 Å². The van der Waals surface area contributed by atoms with E-state index in [9.17, 15) is 9.59 Å². The Bertz CT molecular complexity index is 1690. The lowest BCUT2D eigenvalue weighted by atomic mass is 9.88. The number of carbonyl (C=O) groups is 1. The van der Waals surface area contributed by atoms with Crippen LogP contribution >= 0.6 is 11.3 Å². The molecule has 1 aliphatic heterocycles. The first-order chi connectivity index (χ1) is 19.5. The van der Waals surface area contributed by atoms with Crippen molar-refractivity contribution in [3.8, 4) is 11.1 Å². The van der Waals surface area contributed by atoms with Crippen LogP contribution in [-0.2, 0) is 4.79 Å². The van der Waals surface area contributed by atoms with Gasteiger partial charge >= 0.3 is 0 Å². The number of hydrogen-bond donors (Lipinski definition) is 1. The Morgan fingerprint density at radius 2 is 1.77 bits per heavy atom. The average Bonchev–Trinajstić information content (AvgIpc) is 3.49. The normalized spacial score (nSPS) is 15.2. The summed E-state index contributed by atoms with van der Waals surface area (Å²) in [4.78, 5) is 33.8. The molecule has 0 aliphatic carbocycles. The molecule has 5 aromatic rings. The van der Waals surface area contributed by atoms with Crippen molar-refractivity contribution in [2.45, 2.75) is 24.8 Å². The zero-order valence-corrected chi connectivity index (χ0v) is 22.9. The largest absolute Gasteiger partial charge is 0.306 e. The Morgan fingerprint density at radius 1 is 1.02 bits per heavy atom. The molecule has 1 unspecified atom stereocenters. The molecule has 2 aromatic heterocycles. The van der Waals surface area contributed by atoms with Crippen LogP contribution < -0.4 is 10.9 Å². The smallest absolute Gasteiger partial charge is 0.262 e. The van der Waals surface area contributed by atoms with E-state index in [0.717, 1.165) is 25.9 Å². The number of rotatable bonds is 6. The Kier molecular flexibility index (Phi) is 7.28. The Hall–Kier alpha value is -4.14. The van der Waals surface area contributed by atoms with E-state index in [2.05, 4.69) is 34.4 Å². The van der Waals surface area contributed by atoms with Gasteiger partial charge in [-0.1, -0.05) is 66.7 Å². The number of nitrogens with one attached hydrogen (secondary N) is 1. The number of halogens is 1. The van der Waals surface area contributed by atoms with Crippen LogP contribution in [0, 0.1) is 5.82 Å². The third kappa shape index (κ3) is 5.08. The van der Waals surface area contributed by atoms with Crippen molar-refractivity contribution >= 4 is 33.1 Å². The fourth-order valence-electron chi connectivity index (χ4n) is 5.54. The average molecular weight is 553 g/mol. The van der Waals surface area contributed by atoms with Crippen LogP contribution in [0.3, 0.4) is 0 Å². The number of thiazole rings is 1. The summed E-state index contributed by atoms with van der Waals surface area (Å²) < 4.78 is 17.4. The van der Waals surface area contributed by atoms with E-state index in [-0.39, 0.29) is 5.39 Å². The number of fused-ring (bicyclic) bond motifs is 1. The molecule has 0 radical (unpaired) electrons. The number of likely N-dealkylation sites (tertiary alicyclic amines) is 1. The van der Waals surface area contributed by atoms with E-state index >= 15 is 4.39 Å². The monoisotopic (exact) mass is 552 g/mol. The molecule has 6 nitrogen and oxygen atoms in total. The Balaban J connectivity index is 1.39. The van der Waals surface area contributed by atoms with Crippen LogP contribution in [0.5, 0.6) is 0 Å². The number of pyridine rings is 1. The lowest BCUT2D eigenvalue weighted by Crippen LogP contribution is -2.34. The van der Waals surface area contributed by atoms with Crippen molar-refractivity contribution in [2.24, 2.45) is 0 Å².